The van der Waals surface area contributed by atoms with Crippen LogP contribution < -0.4 is 11.4 Å². The quantitative estimate of drug-likeness (QED) is 0.757. The molecule has 0 amide bonds. The predicted molar refractivity (Wildman–Crippen MR) is 98.1 cm³/mol. The van der Waals surface area contributed by atoms with Gasteiger partial charge in [-0.05, 0) is 51.5 Å². The number of nitrogens with two attached hydrogens (primary N) is 1. The minimum Gasteiger partial charge on any atom is -0.443 e. The highest BCUT2D eigenvalue weighted by atomic mass is 16.6. The van der Waals surface area contributed by atoms with Gasteiger partial charge in [0.25, 0.3) is 0 Å². The Bertz CT molecular complexity index is 1010. The zero-order valence-corrected chi connectivity index (χ0v) is 15.1. The molecule has 0 radical (unpaired) electrons. The fraction of sp³-hybridized carbons (Fsp3) is 0.333. The van der Waals surface area contributed by atoms with Gasteiger partial charge in [-0.15, -0.1) is 0 Å². The summed E-state index contributed by atoms with van der Waals surface area (Å²) in [7, 11) is 0. The molecule has 0 fully saturated rings. The maximum absolute atomic E-state index is 13.1. The summed E-state index contributed by atoms with van der Waals surface area (Å²) in [5.41, 5.74) is 6.00. The maximum atomic E-state index is 13.1. The van der Waals surface area contributed by atoms with Crippen LogP contribution in [-0.2, 0) is 4.74 Å². The Hall–Kier alpha value is -3.16. The Morgan fingerprint density at radius 3 is 2.62 bits per heavy atom. The van der Waals surface area contributed by atoms with Crippen LogP contribution in [0.15, 0.2) is 41.5 Å². The number of carbonyl (C=O) groups is 1. The van der Waals surface area contributed by atoms with Crippen LogP contribution in [0.4, 0.5) is 10.6 Å². The summed E-state index contributed by atoms with van der Waals surface area (Å²) < 4.78 is 7.79. The molecule has 0 bridgehead atoms. The molecular weight excluding hydrogens is 334 g/mol. The van der Waals surface area contributed by atoms with E-state index in [1.54, 1.807) is 51.4 Å². The molecule has 2 N–H and O–H groups in total. The van der Waals surface area contributed by atoms with Crippen LogP contribution in [0.25, 0.3) is 11.2 Å². The predicted octanol–water partition coefficient (Wildman–Crippen LogP) is 2.57. The van der Waals surface area contributed by atoms with Gasteiger partial charge in [0.2, 0.25) is 0 Å². The van der Waals surface area contributed by atoms with Crippen LogP contribution in [0.2, 0.25) is 0 Å². The van der Waals surface area contributed by atoms with Crippen LogP contribution >= 0.6 is 0 Å². The van der Waals surface area contributed by atoms with Gasteiger partial charge >= 0.3 is 11.8 Å². The molecule has 0 saturated heterocycles. The molecule has 3 heterocycles. The highest BCUT2D eigenvalue weighted by Gasteiger charge is 2.27. The van der Waals surface area contributed by atoms with Crippen molar-refractivity contribution < 1.29 is 9.53 Å². The van der Waals surface area contributed by atoms with Crippen molar-refractivity contribution in [2.24, 2.45) is 0 Å². The van der Waals surface area contributed by atoms with Crippen molar-refractivity contribution in [1.29, 1.82) is 0 Å². The number of hydrogen-bond acceptors (Lipinski definition) is 6. The number of anilines is 1. The monoisotopic (exact) mass is 355 g/mol. The molecule has 8 nitrogen and oxygen atoms in total. The summed E-state index contributed by atoms with van der Waals surface area (Å²) in [4.78, 5) is 34.0. The molecule has 0 spiro atoms. The maximum Gasteiger partial charge on any atom is 0.423 e. The highest BCUT2D eigenvalue weighted by Crippen LogP contribution is 2.22. The van der Waals surface area contributed by atoms with Gasteiger partial charge in [-0.1, -0.05) is 6.07 Å². The molecule has 8 heteroatoms. The van der Waals surface area contributed by atoms with Crippen molar-refractivity contribution >= 4 is 23.1 Å². The smallest absolute Gasteiger partial charge is 0.423 e. The van der Waals surface area contributed by atoms with Gasteiger partial charge in [-0.2, -0.15) is 4.57 Å². The number of fused-ring (bicyclic) bond motifs is 1. The molecule has 0 aliphatic heterocycles. The van der Waals surface area contributed by atoms with E-state index in [0.717, 1.165) is 10.1 Å². The summed E-state index contributed by atoms with van der Waals surface area (Å²) in [5, 5.41) is 0. The lowest BCUT2D eigenvalue weighted by Gasteiger charge is -2.19. The average molecular weight is 355 g/mol. The molecule has 26 heavy (non-hydrogen) atoms. The van der Waals surface area contributed by atoms with E-state index in [1.165, 1.54) is 4.57 Å². The number of hydrogen-bond donors (Lipinski definition) is 1. The number of nitrogen functional groups attached to an aromatic ring is 1. The van der Waals surface area contributed by atoms with E-state index in [2.05, 4.69) is 9.97 Å². The van der Waals surface area contributed by atoms with Gasteiger partial charge in [0.05, 0.1) is 6.04 Å². The second kappa shape index (κ2) is 6.29. The van der Waals surface area contributed by atoms with Crippen LogP contribution in [0, 0.1) is 0 Å². The van der Waals surface area contributed by atoms with Crippen LogP contribution in [0.5, 0.6) is 0 Å². The van der Waals surface area contributed by atoms with Gasteiger partial charge in [0.1, 0.15) is 16.9 Å². The lowest BCUT2D eigenvalue weighted by atomic mass is 10.1. The van der Waals surface area contributed by atoms with E-state index in [1.807, 2.05) is 13.0 Å². The zero-order valence-electron chi connectivity index (χ0n) is 15.1. The molecule has 1 atom stereocenters. The van der Waals surface area contributed by atoms with E-state index < -0.39 is 23.4 Å². The number of aromatic nitrogens is 4. The number of imidazole rings is 1. The Kier molecular flexibility index (Phi) is 4.27. The van der Waals surface area contributed by atoms with Gasteiger partial charge in [0, 0.05) is 12.4 Å². The van der Waals surface area contributed by atoms with E-state index in [4.69, 9.17) is 10.5 Å². The summed E-state index contributed by atoms with van der Waals surface area (Å²) in [6.07, 6.45) is 2.57. The van der Waals surface area contributed by atoms with Crippen LogP contribution in [0.1, 0.15) is 39.3 Å². The third kappa shape index (κ3) is 3.17. The Morgan fingerprint density at radius 2 is 2.00 bits per heavy atom. The summed E-state index contributed by atoms with van der Waals surface area (Å²) in [5.74, 6) is 0.256. The van der Waals surface area contributed by atoms with Gasteiger partial charge < -0.3 is 10.5 Å². The Labute approximate surface area is 150 Å². The molecule has 3 rings (SSSR count). The molecule has 0 saturated carbocycles. The molecule has 0 aliphatic carbocycles. The van der Waals surface area contributed by atoms with Crippen molar-refractivity contribution in [3.05, 3.63) is 52.7 Å². The Morgan fingerprint density at radius 1 is 1.27 bits per heavy atom. The highest BCUT2D eigenvalue weighted by molar-refractivity contribution is 5.86. The van der Waals surface area contributed by atoms with Crippen molar-refractivity contribution in [1.82, 2.24) is 19.1 Å². The van der Waals surface area contributed by atoms with E-state index in [-0.39, 0.29) is 5.82 Å². The first-order chi connectivity index (χ1) is 12.2. The largest absolute Gasteiger partial charge is 0.443 e. The van der Waals surface area contributed by atoms with E-state index >= 15 is 0 Å². The van der Waals surface area contributed by atoms with Gasteiger partial charge in [0.15, 0.2) is 5.65 Å². The molecule has 3 aromatic heterocycles. The second-order valence-electron chi connectivity index (χ2n) is 7.01. The minimum atomic E-state index is -0.754. The van der Waals surface area contributed by atoms with Crippen molar-refractivity contribution in [2.45, 2.75) is 39.3 Å². The molecule has 3 aromatic rings. The number of rotatable bonds is 2. The first-order valence-electron chi connectivity index (χ1n) is 8.22. The Balaban J connectivity index is 2.24. The molecule has 1 unspecified atom stereocenters. The lowest BCUT2D eigenvalue weighted by Crippen LogP contribution is -2.35. The van der Waals surface area contributed by atoms with E-state index in [0.29, 0.717) is 11.2 Å². The topological polar surface area (TPSA) is 105 Å². The van der Waals surface area contributed by atoms with Crippen LogP contribution in [0.3, 0.4) is 0 Å². The molecule has 136 valence electrons. The fourth-order valence-electron chi connectivity index (χ4n) is 2.71. The number of pyridine rings is 2. The first kappa shape index (κ1) is 17.7. The summed E-state index contributed by atoms with van der Waals surface area (Å²) in [6, 6.07) is 6.38. The third-order valence-electron chi connectivity index (χ3n) is 3.87. The first-order valence-corrected chi connectivity index (χ1v) is 8.22. The minimum absolute atomic E-state index is 0.256. The summed E-state index contributed by atoms with van der Waals surface area (Å²) >= 11 is 0. The SMILES string of the molecule is CC(c1cccnc1)n1c(=O)n(C(=O)OC(C)(C)C)c2ccc(N)nc21. The summed E-state index contributed by atoms with van der Waals surface area (Å²) in [6.45, 7) is 7.05. The normalized spacial score (nSPS) is 12.9. The van der Waals surface area contributed by atoms with Crippen molar-refractivity contribution in [3.63, 3.8) is 0 Å². The zero-order chi connectivity index (χ0) is 19.1. The van der Waals surface area contributed by atoms with Crippen molar-refractivity contribution in [2.75, 3.05) is 5.73 Å². The standard InChI is InChI=1S/C18H21N5O3/c1-11(12-6-5-9-20-10-12)22-15-13(7-8-14(19)21-15)23(16(22)24)17(25)26-18(2,3)4/h5-11H,1-4H3,(H2,19,21). The molecule has 0 aliphatic rings. The lowest BCUT2D eigenvalue weighted by molar-refractivity contribution is 0.0537. The van der Waals surface area contributed by atoms with Crippen molar-refractivity contribution in [3.8, 4) is 0 Å². The van der Waals surface area contributed by atoms with Gasteiger partial charge in [-0.25, -0.2) is 14.6 Å². The fourth-order valence-corrected chi connectivity index (χ4v) is 2.71. The van der Waals surface area contributed by atoms with Crippen LogP contribution in [-0.4, -0.2) is 30.8 Å². The van der Waals surface area contributed by atoms with Gasteiger partial charge in [-0.3, -0.25) is 9.55 Å². The molecular formula is C18H21N5O3. The number of ether oxygens (including phenoxy) is 1. The van der Waals surface area contributed by atoms with E-state index in [9.17, 15) is 9.59 Å². The number of carbonyl (C=O) groups excluding carboxylic acids is 1. The number of nitrogens with zero attached hydrogens (tertiary/aromatic N) is 4. The second-order valence-corrected chi connectivity index (χ2v) is 7.01. The third-order valence-corrected chi connectivity index (χ3v) is 3.87. The molecule has 0 aromatic carbocycles. The average Bonchev–Trinajstić information content (AvgIpc) is 2.84.